The number of hydrogen-bond acceptors (Lipinski definition) is 6. The fourth-order valence-electron chi connectivity index (χ4n) is 6.45. The highest BCUT2D eigenvalue weighted by molar-refractivity contribution is 5.93. The molecule has 6 atom stereocenters. The Morgan fingerprint density at radius 2 is 1.76 bits per heavy atom. The number of likely N-dealkylation sites (tertiary alicyclic amines) is 1. The van der Waals surface area contributed by atoms with Crippen molar-refractivity contribution in [3.05, 3.63) is 0 Å². The standard InChI is InChI=1S/C29H42F3N5O5/c1-25(2,3)20(35-24(41)42-14-26(4,5)29(30,31)32)23(40)37-13-17-18(27(17,6)7)19(37)22(39)34-16(12-33)10-15-11-28(8-9-28)36-21(15)38/h15-20H,8-11,13-14H2,1-7H3,(H,34,39)(H,35,41)(H,36,38)/t15-,16+,17+,18+,19+,20-/m1/s1. The van der Waals surface area contributed by atoms with Crippen molar-refractivity contribution in [1.82, 2.24) is 20.9 Å². The molecule has 234 valence electrons. The van der Waals surface area contributed by atoms with Gasteiger partial charge in [-0.25, -0.2) is 4.79 Å². The Bertz CT molecular complexity index is 1180. The first kappa shape index (κ1) is 31.9. The molecule has 4 fully saturated rings. The Morgan fingerprint density at radius 3 is 2.26 bits per heavy atom. The van der Waals surface area contributed by atoms with E-state index in [0.29, 0.717) is 6.42 Å². The number of alkyl carbamates (subject to hydrolysis) is 1. The molecule has 1 spiro atoms. The van der Waals surface area contributed by atoms with E-state index >= 15 is 0 Å². The van der Waals surface area contributed by atoms with E-state index in [1.165, 1.54) is 4.90 Å². The molecule has 2 aliphatic heterocycles. The predicted octanol–water partition coefficient (Wildman–Crippen LogP) is 3.27. The number of ether oxygens (including phenoxy) is 1. The third-order valence-corrected chi connectivity index (χ3v) is 9.71. The molecule has 4 rings (SSSR count). The van der Waals surface area contributed by atoms with Crippen LogP contribution in [0, 0.1) is 45.3 Å². The minimum Gasteiger partial charge on any atom is -0.449 e. The number of nitrogens with one attached hydrogen (secondary N) is 3. The molecule has 2 saturated carbocycles. The van der Waals surface area contributed by atoms with Gasteiger partial charge in [-0.15, -0.1) is 0 Å². The average molecular weight is 598 g/mol. The van der Waals surface area contributed by atoms with Gasteiger partial charge in [-0.1, -0.05) is 34.6 Å². The molecule has 0 unspecified atom stereocenters. The molecule has 4 amide bonds. The number of carbonyl (C=O) groups excluding carboxylic acids is 4. The van der Waals surface area contributed by atoms with Gasteiger partial charge in [0.05, 0.1) is 11.5 Å². The summed E-state index contributed by atoms with van der Waals surface area (Å²) in [6.45, 7) is 10.2. The minimum absolute atomic E-state index is 0.0215. The van der Waals surface area contributed by atoms with E-state index in [9.17, 15) is 37.6 Å². The smallest absolute Gasteiger partial charge is 0.407 e. The van der Waals surface area contributed by atoms with Crippen LogP contribution >= 0.6 is 0 Å². The maximum Gasteiger partial charge on any atom is 0.407 e. The lowest BCUT2D eigenvalue weighted by molar-refractivity contribution is -0.221. The van der Waals surface area contributed by atoms with Crippen molar-refractivity contribution in [3.63, 3.8) is 0 Å². The molecule has 2 aliphatic carbocycles. The van der Waals surface area contributed by atoms with Gasteiger partial charge < -0.3 is 25.6 Å². The van der Waals surface area contributed by atoms with Crippen molar-refractivity contribution in [2.45, 2.75) is 104 Å². The zero-order valence-electron chi connectivity index (χ0n) is 25.3. The summed E-state index contributed by atoms with van der Waals surface area (Å²) in [5, 5.41) is 18.0. The van der Waals surface area contributed by atoms with Crippen LogP contribution in [0.4, 0.5) is 18.0 Å². The maximum absolute atomic E-state index is 13.9. The number of hydrogen-bond donors (Lipinski definition) is 3. The monoisotopic (exact) mass is 597 g/mol. The third-order valence-electron chi connectivity index (χ3n) is 9.71. The molecule has 4 aliphatic rings. The molecule has 0 bridgehead atoms. The topological polar surface area (TPSA) is 141 Å². The zero-order valence-corrected chi connectivity index (χ0v) is 25.3. The second kappa shape index (κ2) is 10.3. The van der Waals surface area contributed by atoms with Gasteiger partial charge in [0, 0.05) is 18.0 Å². The lowest BCUT2D eigenvalue weighted by Crippen LogP contribution is -2.60. The number of piperidine rings is 1. The van der Waals surface area contributed by atoms with Crippen LogP contribution in [0.15, 0.2) is 0 Å². The summed E-state index contributed by atoms with van der Waals surface area (Å²) < 4.78 is 44.6. The number of rotatable bonds is 8. The summed E-state index contributed by atoms with van der Waals surface area (Å²) in [4.78, 5) is 54.0. The highest BCUT2D eigenvalue weighted by Crippen LogP contribution is 2.65. The fraction of sp³-hybridized carbons (Fsp3) is 0.828. The fourth-order valence-corrected chi connectivity index (χ4v) is 6.45. The molecule has 0 aromatic rings. The summed E-state index contributed by atoms with van der Waals surface area (Å²) in [5.41, 5.74) is -3.54. The number of carbonyl (C=O) groups is 4. The number of alkyl halides is 3. The van der Waals surface area contributed by atoms with Crippen molar-refractivity contribution in [1.29, 1.82) is 5.26 Å². The molecule has 0 aromatic heterocycles. The van der Waals surface area contributed by atoms with Crippen molar-refractivity contribution < 1.29 is 37.1 Å². The van der Waals surface area contributed by atoms with Gasteiger partial charge in [-0.3, -0.25) is 14.4 Å². The number of nitriles is 1. The van der Waals surface area contributed by atoms with Crippen LogP contribution in [0.1, 0.15) is 74.1 Å². The zero-order chi connectivity index (χ0) is 31.6. The molecule has 10 nitrogen and oxygen atoms in total. The van der Waals surface area contributed by atoms with E-state index in [4.69, 9.17) is 4.74 Å². The SMILES string of the molecule is CC(C)(C)[C@H](NC(=O)OCC(C)(C)C(F)(F)F)C(=O)N1C[C@H]2[C@@H]([C@H]1C(=O)N[C@H](C#N)C[C@@H]1CC3(CC3)NC1=O)C2(C)C. The average Bonchev–Trinajstić information content (AvgIpc) is 3.58. The normalized spacial score (nSPS) is 28.7. The Labute approximate surface area is 244 Å². The predicted molar refractivity (Wildman–Crippen MR) is 144 cm³/mol. The molecular weight excluding hydrogens is 555 g/mol. The van der Waals surface area contributed by atoms with Crippen molar-refractivity contribution in [2.75, 3.05) is 13.2 Å². The van der Waals surface area contributed by atoms with Crippen LogP contribution in [0.2, 0.25) is 0 Å². The molecule has 2 heterocycles. The number of nitrogens with zero attached hydrogens (tertiary/aromatic N) is 2. The summed E-state index contributed by atoms with van der Waals surface area (Å²) in [6.07, 6.45) is -3.15. The quantitative estimate of drug-likeness (QED) is 0.392. The maximum atomic E-state index is 13.9. The van der Waals surface area contributed by atoms with E-state index in [-0.39, 0.29) is 47.6 Å². The van der Waals surface area contributed by atoms with Gasteiger partial charge in [-0.05, 0) is 62.2 Å². The number of amides is 4. The van der Waals surface area contributed by atoms with Crippen LogP contribution in [-0.4, -0.2) is 71.7 Å². The van der Waals surface area contributed by atoms with Crippen molar-refractivity contribution in [2.24, 2.45) is 34.0 Å². The largest absolute Gasteiger partial charge is 0.449 e. The number of fused-ring (bicyclic) bond motifs is 1. The first-order chi connectivity index (χ1) is 19.1. The van der Waals surface area contributed by atoms with Gasteiger partial charge >= 0.3 is 12.3 Å². The Morgan fingerprint density at radius 1 is 1.14 bits per heavy atom. The van der Waals surface area contributed by atoms with E-state index in [0.717, 1.165) is 26.7 Å². The highest BCUT2D eigenvalue weighted by atomic mass is 19.4. The molecule has 0 radical (unpaired) electrons. The van der Waals surface area contributed by atoms with Crippen LogP contribution < -0.4 is 16.0 Å². The van der Waals surface area contributed by atoms with Crippen LogP contribution in [0.3, 0.4) is 0 Å². The summed E-state index contributed by atoms with van der Waals surface area (Å²) in [5.74, 6) is -1.72. The minimum atomic E-state index is -4.60. The second-order valence-electron chi connectivity index (χ2n) is 14.9. The van der Waals surface area contributed by atoms with Gasteiger partial charge in [0.15, 0.2) is 0 Å². The lowest BCUT2D eigenvalue weighted by atomic mass is 9.85. The van der Waals surface area contributed by atoms with Gasteiger partial charge in [-0.2, -0.15) is 18.4 Å². The lowest BCUT2D eigenvalue weighted by Gasteiger charge is -2.37. The first-order valence-electron chi connectivity index (χ1n) is 14.5. The Hall–Kier alpha value is -3.04. The van der Waals surface area contributed by atoms with Gasteiger partial charge in [0.2, 0.25) is 17.7 Å². The second-order valence-corrected chi connectivity index (χ2v) is 14.9. The van der Waals surface area contributed by atoms with Crippen LogP contribution in [0.25, 0.3) is 0 Å². The summed E-state index contributed by atoms with van der Waals surface area (Å²) >= 11 is 0. The molecule has 13 heteroatoms. The molecular formula is C29H42F3N5O5. The van der Waals surface area contributed by atoms with E-state index < -0.39 is 59.6 Å². The Balaban J connectivity index is 1.46. The van der Waals surface area contributed by atoms with Gasteiger partial charge in [0.25, 0.3) is 0 Å². The van der Waals surface area contributed by atoms with Crippen molar-refractivity contribution in [3.8, 4) is 6.07 Å². The van der Waals surface area contributed by atoms with E-state index in [1.54, 1.807) is 20.8 Å². The van der Waals surface area contributed by atoms with Crippen LogP contribution in [-0.2, 0) is 19.1 Å². The van der Waals surface area contributed by atoms with E-state index in [1.807, 2.05) is 13.8 Å². The Kier molecular flexibility index (Phi) is 7.82. The highest BCUT2D eigenvalue weighted by Gasteiger charge is 2.70. The third kappa shape index (κ3) is 6.04. The first-order valence-corrected chi connectivity index (χ1v) is 14.5. The van der Waals surface area contributed by atoms with Gasteiger partial charge in [0.1, 0.15) is 24.7 Å². The summed E-state index contributed by atoms with van der Waals surface area (Å²) in [7, 11) is 0. The molecule has 0 aromatic carbocycles. The van der Waals surface area contributed by atoms with Crippen molar-refractivity contribution >= 4 is 23.8 Å². The number of halogens is 3. The van der Waals surface area contributed by atoms with E-state index in [2.05, 4.69) is 22.0 Å². The summed E-state index contributed by atoms with van der Waals surface area (Å²) in [6, 6.07) is -0.947. The van der Waals surface area contributed by atoms with Crippen LogP contribution in [0.5, 0.6) is 0 Å². The molecule has 3 N–H and O–H groups in total. The molecule has 2 saturated heterocycles. The molecule has 42 heavy (non-hydrogen) atoms.